The molecule has 0 aromatic rings. The lowest BCUT2D eigenvalue weighted by atomic mass is 9.49. The Morgan fingerprint density at radius 1 is 0.857 bits per heavy atom. The van der Waals surface area contributed by atoms with Crippen LogP contribution in [0.5, 0.6) is 0 Å². The molecule has 7 atom stereocenters. The predicted molar refractivity (Wildman–Crippen MR) is 85.9 cm³/mol. The van der Waals surface area contributed by atoms with Gasteiger partial charge in [-0.2, -0.15) is 0 Å². The van der Waals surface area contributed by atoms with E-state index in [2.05, 4.69) is 6.92 Å². The Kier molecular flexibility index (Phi) is 3.47. The number of rotatable bonds is 1. The van der Waals surface area contributed by atoms with Gasteiger partial charge in [0.2, 0.25) is 0 Å². The normalized spacial score (nSPS) is 52.7. The molecule has 7 unspecified atom stereocenters. The Hall–Kier alpha value is -0.330. The van der Waals surface area contributed by atoms with Crippen molar-refractivity contribution >= 4 is 5.78 Å². The smallest absolute Gasteiger partial charge is 0.133 e. The first-order valence-corrected chi connectivity index (χ1v) is 9.61. The molecule has 0 heterocycles. The second kappa shape index (κ2) is 5.10. The van der Waals surface area contributed by atoms with E-state index in [1.54, 1.807) is 0 Å². The van der Waals surface area contributed by atoms with Gasteiger partial charge in [-0.25, -0.2) is 0 Å². The summed E-state index contributed by atoms with van der Waals surface area (Å²) in [6, 6.07) is 0. The van der Waals surface area contributed by atoms with Crippen LogP contribution >= 0.6 is 0 Å². The second-order valence-corrected chi connectivity index (χ2v) is 9.01. The van der Waals surface area contributed by atoms with Crippen molar-refractivity contribution in [2.45, 2.75) is 78.1 Å². The van der Waals surface area contributed by atoms with Crippen LogP contribution in [0.3, 0.4) is 0 Å². The molecule has 0 bridgehead atoms. The van der Waals surface area contributed by atoms with Crippen LogP contribution in [0.1, 0.15) is 78.1 Å². The molecule has 0 N–H and O–H groups in total. The van der Waals surface area contributed by atoms with E-state index in [1.165, 1.54) is 64.2 Å². The maximum Gasteiger partial charge on any atom is 0.133 e. The quantitative estimate of drug-likeness (QED) is 0.645. The van der Waals surface area contributed by atoms with Crippen LogP contribution in [0.15, 0.2) is 0 Å². The average molecular weight is 288 g/mol. The molecule has 1 heteroatoms. The highest BCUT2D eigenvalue weighted by Crippen LogP contribution is 2.64. The fourth-order valence-corrected chi connectivity index (χ4v) is 7.50. The molecule has 0 amide bonds. The second-order valence-electron chi connectivity index (χ2n) is 9.01. The molecule has 21 heavy (non-hydrogen) atoms. The molecular formula is C20H32O. The van der Waals surface area contributed by atoms with E-state index in [9.17, 15) is 4.79 Å². The third-order valence-corrected chi connectivity index (χ3v) is 8.37. The van der Waals surface area contributed by atoms with Crippen LogP contribution in [-0.2, 0) is 4.79 Å². The van der Waals surface area contributed by atoms with Crippen molar-refractivity contribution in [3.63, 3.8) is 0 Å². The summed E-state index contributed by atoms with van der Waals surface area (Å²) in [5, 5.41) is 0. The number of fused-ring (bicyclic) bond motifs is 5. The number of carbonyl (C=O) groups is 1. The predicted octanol–water partition coefficient (Wildman–Crippen LogP) is 5.23. The third kappa shape index (κ3) is 2.05. The molecular weight excluding hydrogens is 256 g/mol. The van der Waals surface area contributed by atoms with Crippen molar-refractivity contribution in [1.29, 1.82) is 0 Å². The van der Waals surface area contributed by atoms with E-state index in [1.807, 2.05) is 6.92 Å². The largest absolute Gasteiger partial charge is 0.300 e. The summed E-state index contributed by atoms with van der Waals surface area (Å²) in [5.41, 5.74) is 0.356. The van der Waals surface area contributed by atoms with E-state index in [4.69, 9.17) is 0 Å². The van der Waals surface area contributed by atoms with Crippen LogP contribution in [0.25, 0.3) is 0 Å². The van der Waals surface area contributed by atoms with Gasteiger partial charge in [0, 0.05) is 5.92 Å². The van der Waals surface area contributed by atoms with Gasteiger partial charge < -0.3 is 0 Å². The lowest BCUT2D eigenvalue weighted by Gasteiger charge is -2.55. The number of Topliss-reactive ketones (excluding diaryl/α,β-unsaturated/α-hetero) is 1. The standard InChI is InChI=1S/C20H32O/c1-13(21)18-9-10-19-17-8-7-14-5-3-4-6-15(14)16(17)11-12-20(18,19)2/h14-19H,3-12H2,1-2H3. The van der Waals surface area contributed by atoms with Crippen molar-refractivity contribution in [3.05, 3.63) is 0 Å². The highest BCUT2D eigenvalue weighted by Gasteiger charge is 2.57. The zero-order valence-electron chi connectivity index (χ0n) is 13.9. The summed E-state index contributed by atoms with van der Waals surface area (Å²) in [6.45, 7) is 4.32. The molecule has 4 rings (SSSR count). The van der Waals surface area contributed by atoms with Gasteiger partial charge in [0.05, 0.1) is 0 Å². The van der Waals surface area contributed by atoms with E-state index in [0.29, 0.717) is 17.1 Å². The topological polar surface area (TPSA) is 17.1 Å². The van der Waals surface area contributed by atoms with Crippen LogP contribution in [0, 0.1) is 40.9 Å². The molecule has 0 saturated heterocycles. The highest BCUT2D eigenvalue weighted by molar-refractivity contribution is 5.79. The summed E-state index contributed by atoms with van der Waals surface area (Å²) in [4.78, 5) is 12.1. The fourth-order valence-electron chi connectivity index (χ4n) is 7.50. The molecule has 118 valence electrons. The molecule has 4 aliphatic carbocycles. The third-order valence-electron chi connectivity index (χ3n) is 8.37. The SMILES string of the molecule is CC(=O)C1CCC2C3CCC4CCCCC4C3CCC12C. The lowest BCUT2D eigenvalue weighted by Crippen LogP contribution is -2.48. The molecule has 4 fully saturated rings. The molecule has 4 saturated carbocycles. The summed E-state index contributed by atoms with van der Waals surface area (Å²) < 4.78 is 0. The highest BCUT2D eigenvalue weighted by atomic mass is 16.1. The first kappa shape index (κ1) is 14.3. The average Bonchev–Trinajstić information content (AvgIpc) is 2.84. The van der Waals surface area contributed by atoms with Gasteiger partial charge in [0.1, 0.15) is 5.78 Å². The Balaban J connectivity index is 1.59. The van der Waals surface area contributed by atoms with Gasteiger partial charge in [-0.15, -0.1) is 0 Å². The monoisotopic (exact) mass is 288 g/mol. The van der Waals surface area contributed by atoms with Crippen LogP contribution in [0.4, 0.5) is 0 Å². The molecule has 0 radical (unpaired) electrons. The van der Waals surface area contributed by atoms with Crippen molar-refractivity contribution in [2.75, 3.05) is 0 Å². The summed E-state index contributed by atoms with van der Waals surface area (Å²) >= 11 is 0. The molecule has 0 aliphatic heterocycles. The lowest BCUT2D eigenvalue weighted by molar-refractivity contribution is -0.128. The molecule has 1 nitrogen and oxygen atoms in total. The van der Waals surface area contributed by atoms with Gasteiger partial charge in [-0.3, -0.25) is 4.79 Å². The Labute approximate surface area is 130 Å². The van der Waals surface area contributed by atoms with Gasteiger partial charge in [-0.05, 0) is 86.9 Å². The minimum atomic E-state index is 0.356. The van der Waals surface area contributed by atoms with Crippen molar-refractivity contribution < 1.29 is 4.79 Å². The van der Waals surface area contributed by atoms with Crippen LogP contribution in [-0.4, -0.2) is 5.78 Å². The van der Waals surface area contributed by atoms with Gasteiger partial charge in [0.25, 0.3) is 0 Å². The van der Waals surface area contributed by atoms with Crippen molar-refractivity contribution in [1.82, 2.24) is 0 Å². The minimum Gasteiger partial charge on any atom is -0.300 e. The zero-order valence-corrected chi connectivity index (χ0v) is 13.9. The maximum absolute atomic E-state index is 12.1. The number of hydrogen-bond acceptors (Lipinski definition) is 1. The first-order valence-electron chi connectivity index (χ1n) is 9.61. The van der Waals surface area contributed by atoms with Crippen molar-refractivity contribution in [3.8, 4) is 0 Å². The molecule has 4 aliphatic rings. The zero-order chi connectivity index (χ0) is 14.6. The number of hydrogen-bond donors (Lipinski definition) is 0. The Bertz CT molecular complexity index is 428. The van der Waals surface area contributed by atoms with Crippen molar-refractivity contribution in [2.24, 2.45) is 40.9 Å². The minimum absolute atomic E-state index is 0.356. The maximum atomic E-state index is 12.1. The van der Waals surface area contributed by atoms with Crippen LogP contribution < -0.4 is 0 Å². The first-order chi connectivity index (χ1) is 10.1. The molecule has 0 aromatic heterocycles. The van der Waals surface area contributed by atoms with E-state index in [0.717, 1.165) is 29.6 Å². The Morgan fingerprint density at radius 3 is 2.48 bits per heavy atom. The molecule has 0 spiro atoms. The fraction of sp³-hybridized carbons (Fsp3) is 0.950. The summed E-state index contributed by atoms with van der Waals surface area (Å²) in [6.07, 6.45) is 14.3. The number of carbonyl (C=O) groups excluding carboxylic acids is 1. The van der Waals surface area contributed by atoms with E-state index in [-0.39, 0.29) is 0 Å². The van der Waals surface area contributed by atoms with E-state index < -0.39 is 0 Å². The summed E-state index contributed by atoms with van der Waals surface area (Å²) in [7, 11) is 0. The number of ketones is 1. The Morgan fingerprint density at radius 2 is 1.67 bits per heavy atom. The van der Waals surface area contributed by atoms with Gasteiger partial charge >= 0.3 is 0 Å². The summed E-state index contributed by atoms with van der Waals surface area (Å²) in [5.74, 6) is 5.83. The van der Waals surface area contributed by atoms with Crippen LogP contribution in [0.2, 0.25) is 0 Å². The van der Waals surface area contributed by atoms with E-state index >= 15 is 0 Å². The van der Waals surface area contributed by atoms with Gasteiger partial charge in [0.15, 0.2) is 0 Å². The van der Waals surface area contributed by atoms with Gasteiger partial charge in [-0.1, -0.05) is 26.2 Å². The molecule has 0 aromatic carbocycles.